The van der Waals surface area contributed by atoms with Crippen LogP contribution in [-0.2, 0) is 9.59 Å². The van der Waals surface area contributed by atoms with E-state index in [4.69, 9.17) is 6.42 Å². The molecule has 2 heterocycles. The summed E-state index contributed by atoms with van der Waals surface area (Å²) < 4.78 is 0. The van der Waals surface area contributed by atoms with Crippen LogP contribution in [0.3, 0.4) is 0 Å². The number of benzene rings is 1. The third kappa shape index (κ3) is 1.53. The first kappa shape index (κ1) is 12.9. The minimum absolute atomic E-state index is 0.126. The van der Waals surface area contributed by atoms with Crippen LogP contribution in [-0.4, -0.2) is 41.8 Å². The maximum Gasteiger partial charge on any atom is 0.235 e. The van der Waals surface area contributed by atoms with Gasteiger partial charge in [0.1, 0.15) is 0 Å². The number of nitrogens with zero attached hydrogens (tertiary/aromatic N) is 2. The molecule has 2 amide bonds. The highest BCUT2D eigenvalue weighted by Gasteiger charge is 2.60. The van der Waals surface area contributed by atoms with Crippen LogP contribution in [0, 0.1) is 24.2 Å². The van der Waals surface area contributed by atoms with Gasteiger partial charge in [-0.05, 0) is 12.6 Å². The van der Waals surface area contributed by atoms with Gasteiger partial charge in [-0.1, -0.05) is 36.3 Å². The predicted octanol–water partition coefficient (Wildman–Crippen LogP) is 0.906. The summed E-state index contributed by atoms with van der Waals surface area (Å²) in [7, 11) is 3.43. The first-order valence-electron chi connectivity index (χ1n) is 6.62. The van der Waals surface area contributed by atoms with Gasteiger partial charge in [0.15, 0.2) is 0 Å². The van der Waals surface area contributed by atoms with Gasteiger partial charge in [-0.2, -0.15) is 0 Å². The number of carbonyl (C=O) groups excluding carboxylic acids is 2. The third-order valence-corrected chi connectivity index (χ3v) is 4.49. The largest absolute Gasteiger partial charge is 0.285 e. The summed E-state index contributed by atoms with van der Waals surface area (Å²) in [6.45, 7) is 0. The van der Waals surface area contributed by atoms with E-state index in [1.807, 2.05) is 42.3 Å². The Kier molecular flexibility index (Phi) is 2.88. The van der Waals surface area contributed by atoms with Crippen molar-refractivity contribution >= 4 is 11.8 Å². The summed E-state index contributed by atoms with van der Waals surface area (Å²) in [5.74, 6) is 1.60. The molecular formula is C16H16N2O2. The van der Waals surface area contributed by atoms with Gasteiger partial charge in [-0.3, -0.25) is 19.4 Å². The van der Waals surface area contributed by atoms with Gasteiger partial charge in [0.2, 0.25) is 11.8 Å². The van der Waals surface area contributed by atoms with Gasteiger partial charge in [0, 0.05) is 13.1 Å². The molecule has 1 aromatic carbocycles. The van der Waals surface area contributed by atoms with E-state index >= 15 is 0 Å². The summed E-state index contributed by atoms with van der Waals surface area (Å²) in [4.78, 5) is 27.9. The second-order valence-corrected chi connectivity index (χ2v) is 5.42. The summed E-state index contributed by atoms with van der Waals surface area (Å²) in [6.07, 6.45) is 5.60. The number of likely N-dealkylation sites (tertiary alicyclic amines) is 2. The fraction of sp³-hybridized carbons (Fsp3) is 0.375. The second-order valence-electron chi connectivity index (χ2n) is 5.42. The number of terminal acetylenes is 1. The molecule has 2 aliphatic rings. The van der Waals surface area contributed by atoms with Crippen LogP contribution in [0.5, 0.6) is 0 Å². The van der Waals surface area contributed by atoms with Crippen molar-refractivity contribution in [2.45, 2.75) is 12.1 Å². The molecule has 2 aliphatic heterocycles. The Balaban J connectivity index is 2.10. The SMILES string of the molecule is C#C[C@H]1[C@@H]2C(=O)N(C)C(=O)[C@@H]2[C@H](c2ccccc2)N1C. The number of hydrogen-bond donors (Lipinski definition) is 0. The molecule has 20 heavy (non-hydrogen) atoms. The number of imide groups is 1. The van der Waals surface area contributed by atoms with Gasteiger partial charge in [-0.15, -0.1) is 6.42 Å². The van der Waals surface area contributed by atoms with Crippen LogP contribution in [0.4, 0.5) is 0 Å². The lowest BCUT2D eigenvalue weighted by Gasteiger charge is -2.27. The van der Waals surface area contributed by atoms with Crippen molar-refractivity contribution in [1.82, 2.24) is 9.80 Å². The molecule has 102 valence electrons. The van der Waals surface area contributed by atoms with Crippen LogP contribution < -0.4 is 0 Å². The molecule has 0 saturated carbocycles. The Morgan fingerprint density at radius 1 is 1.05 bits per heavy atom. The van der Waals surface area contributed by atoms with Crippen molar-refractivity contribution in [2.75, 3.05) is 14.1 Å². The van der Waals surface area contributed by atoms with Crippen molar-refractivity contribution in [3.63, 3.8) is 0 Å². The molecular weight excluding hydrogens is 252 g/mol. The van der Waals surface area contributed by atoms with E-state index in [2.05, 4.69) is 5.92 Å². The Hall–Kier alpha value is -2.12. The second kappa shape index (κ2) is 4.46. The first-order valence-corrected chi connectivity index (χ1v) is 6.62. The molecule has 1 aromatic rings. The summed E-state index contributed by atoms with van der Waals surface area (Å²) in [5.41, 5.74) is 1.03. The van der Waals surface area contributed by atoms with Crippen molar-refractivity contribution in [1.29, 1.82) is 0 Å². The van der Waals surface area contributed by atoms with Crippen molar-refractivity contribution in [3.8, 4) is 12.3 Å². The Labute approximate surface area is 118 Å². The summed E-state index contributed by atoms with van der Waals surface area (Å²) in [6, 6.07) is 9.30. The number of rotatable bonds is 1. The molecule has 0 aromatic heterocycles. The third-order valence-electron chi connectivity index (χ3n) is 4.49. The number of amides is 2. The lowest BCUT2D eigenvalue weighted by Crippen LogP contribution is -2.37. The highest BCUT2D eigenvalue weighted by Crippen LogP contribution is 2.48. The molecule has 0 N–H and O–H groups in total. The smallest absolute Gasteiger partial charge is 0.235 e. The molecule has 4 nitrogen and oxygen atoms in total. The average Bonchev–Trinajstić information content (AvgIpc) is 2.88. The van der Waals surface area contributed by atoms with Gasteiger partial charge in [0.05, 0.1) is 17.9 Å². The minimum atomic E-state index is -0.423. The van der Waals surface area contributed by atoms with E-state index in [0.29, 0.717) is 0 Å². The van der Waals surface area contributed by atoms with E-state index in [1.165, 1.54) is 4.90 Å². The molecule has 0 radical (unpaired) electrons. The molecule has 0 aliphatic carbocycles. The van der Waals surface area contributed by atoms with Gasteiger partial charge >= 0.3 is 0 Å². The van der Waals surface area contributed by atoms with Crippen molar-refractivity contribution in [2.24, 2.45) is 11.8 Å². The number of carbonyl (C=O) groups is 2. The molecule has 0 unspecified atom stereocenters. The zero-order chi connectivity index (χ0) is 14.4. The maximum atomic E-state index is 12.4. The van der Waals surface area contributed by atoms with Gasteiger partial charge in [-0.25, -0.2) is 0 Å². The quantitative estimate of drug-likeness (QED) is 0.561. The van der Waals surface area contributed by atoms with Crippen LogP contribution >= 0.6 is 0 Å². The fourth-order valence-electron chi connectivity index (χ4n) is 3.52. The monoisotopic (exact) mass is 268 g/mol. The first-order chi connectivity index (χ1) is 9.57. The molecule has 0 bridgehead atoms. The zero-order valence-corrected chi connectivity index (χ0v) is 11.5. The van der Waals surface area contributed by atoms with Crippen LogP contribution in [0.2, 0.25) is 0 Å². The maximum absolute atomic E-state index is 12.4. The molecule has 0 spiro atoms. The number of hydrogen-bond acceptors (Lipinski definition) is 3. The summed E-state index contributed by atoms with van der Waals surface area (Å²) in [5, 5.41) is 0. The zero-order valence-electron chi connectivity index (χ0n) is 11.5. The Bertz CT molecular complexity index is 605. The average molecular weight is 268 g/mol. The number of fused-ring (bicyclic) bond motifs is 1. The topological polar surface area (TPSA) is 40.6 Å². The molecule has 4 atom stereocenters. The molecule has 4 heteroatoms. The highest BCUT2D eigenvalue weighted by molar-refractivity contribution is 6.06. The van der Waals surface area contributed by atoms with E-state index in [-0.39, 0.29) is 29.8 Å². The van der Waals surface area contributed by atoms with Gasteiger partial charge < -0.3 is 0 Å². The van der Waals surface area contributed by atoms with Crippen LogP contribution in [0.15, 0.2) is 30.3 Å². The lowest BCUT2D eigenvalue weighted by molar-refractivity contribution is -0.139. The standard InChI is InChI=1S/C16H16N2O2/c1-4-11-12-13(16(20)18(3)15(12)19)14(17(11)2)10-8-6-5-7-9-10/h1,5-9,11-14H,2-3H3/t11-,12-,13-,14-/m0/s1. The normalized spacial score (nSPS) is 33.4. The van der Waals surface area contributed by atoms with E-state index < -0.39 is 5.92 Å². The fourth-order valence-corrected chi connectivity index (χ4v) is 3.52. The minimum Gasteiger partial charge on any atom is -0.285 e. The van der Waals surface area contributed by atoms with Crippen molar-refractivity contribution < 1.29 is 9.59 Å². The van der Waals surface area contributed by atoms with E-state index in [1.54, 1.807) is 7.05 Å². The molecule has 3 rings (SSSR count). The lowest BCUT2D eigenvalue weighted by atomic mass is 9.87. The van der Waals surface area contributed by atoms with E-state index in [9.17, 15) is 9.59 Å². The van der Waals surface area contributed by atoms with Crippen LogP contribution in [0.25, 0.3) is 0 Å². The van der Waals surface area contributed by atoms with E-state index in [0.717, 1.165) is 5.56 Å². The van der Waals surface area contributed by atoms with Crippen molar-refractivity contribution in [3.05, 3.63) is 35.9 Å². The van der Waals surface area contributed by atoms with Gasteiger partial charge in [0.25, 0.3) is 0 Å². The Morgan fingerprint density at radius 2 is 1.65 bits per heavy atom. The highest BCUT2D eigenvalue weighted by atomic mass is 16.2. The molecule has 2 saturated heterocycles. The molecule has 2 fully saturated rings. The predicted molar refractivity (Wildman–Crippen MR) is 74.3 cm³/mol. The summed E-state index contributed by atoms with van der Waals surface area (Å²) >= 11 is 0. The van der Waals surface area contributed by atoms with Crippen LogP contribution in [0.1, 0.15) is 11.6 Å². The Morgan fingerprint density at radius 3 is 2.25 bits per heavy atom.